The summed E-state index contributed by atoms with van der Waals surface area (Å²) in [7, 11) is 0. The highest BCUT2D eigenvalue weighted by molar-refractivity contribution is 6.17. The van der Waals surface area contributed by atoms with E-state index in [0.29, 0.717) is 23.5 Å². The molecule has 21 heavy (non-hydrogen) atoms. The highest BCUT2D eigenvalue weighted by Gasteiger charge is 2.13. The third-order valence-corrected chi connectivity index (χ3v) is 3.43. The zero-order valence-corrected chi connectivity index (χ0v) is 11.8. The third kappa shape index (κ3) is 2.74. The van der Waals surface area contributed by atoms with Crippen LogP contribution in [0, 0.1) is 11.6 Å². The second-order valence-corrected chi connectivity index (χ2v) is 5.01. The van der Waals surface area contributed by atoms with Crippen LogP contribution in [0.25, 0.3) is 11.2 Å². The number of halogens is 3. The van der Waals surface area contributed by atoms with E-state index in [1.807, 2.05) is 10.6 Å². The van der Waals surface area contributed by atoms with Crippen LogP contribution in [-0.4, -0.2) is 20.4 Å². The van der Waals surface area contributed by atoms with Gasteiger partial charge in [-0.05, 0) is 18.2 Å². The molecule has 3 rings (SSSR count). The quantitative estimate of drug-likeness (QED) is 0.690. The monoisotopic (exact) mass is 307 g/mol. The van der Waals surface area contributed by atoms with Crippen molar-refractivity contribution in [3.05, 3.63) is 59.6 Å². The van der Waals surface area contributed by atoms with E-state index in [0.717, 1.165) is 17.4 Å². The molecule has 0 fully saturated rings. The van der Waals surface area contributed by atoms with E-state index >= 15 is 0 Å². The van der Waals surface area contributed by atoms with Crippen molar-refractivity contribution in [2.24, 2.45) is 0 Å². The molecular formula is C15H12ClF2N3. The van der Waals surface area contributed by atoms with Gasteiger partial charge < -0.3 is 4.57 Å². The number of benzene rings is 1. The van der Waals surface area contributed by atoms with Gasteiger partial charge in [-0.3, -0.25) is 0 Å². The Balaban J connectivity index is 2.07. The Hall–Kier alpha value is -2.01. The molecule has 0 saturated heterocycles. The topological polar surface area (TPSA) is 30.7 Å². The predicted octanol–water partition coefficient (Wildman–Crippen LogP) is 3.54. The van der Waals surface area contributed by atoms with Crippen molar-refractivity contribution in [2.75, 3.05) is 5.88 Å². The van der Waals surface area contributed by atoms with E-state index in [1.54, 1.807) is 12.3 Å². The lowest BCUT2D eigenvalue weighted by Gasteiger charge is -2.09. The highest BCUT2D eigenvalue weighted by atomic mass is 35.5. The van der Waals surface area contributed by atoms with E-state index in [9.17, 15) is 8.78 Å². The molecule has 3 nitrogen and oxygen atoms in total. The van der Waals surface area contributed by atoms with E-state index < -0.39 is 11.6 Å². The zero-order chi connectivity index (χ0) is 14.8. The van der Waals surface area contributed by atoms with Gasteiger partial charge in [0, 0.05) is 30.1 Å². The van der Waals surface area contributed by atoms with E-state index in [2.05, 4.69) is 9.97 Å². The average Bonchev–Trinajstić information content (AvgIpc) is 2.80. The lowest BCUT2D eigenvalue weighted by molar-refractivity contribution is 0.565. The number of aromatic nitrogens is 3. The van der Waals surface area contributed by atoms with Crippen molar-refractivity contribution in [2.45, 2.75) is 13.0 Å². The Morgan fingerprint density at radius 1 is 1.19 bits per heavy atom. The maximum absolute atomic E-state index is 13.8. The Morgan fingerprint density at radius 3 is 2.81 bits per heavy atom. The first-order valence-corrected chi connectivity index (χ1v) is 7.02. The standard InChI is InChI=1S/C15H12ClF2N3/c16-6-5-14-20-13-2-1-7-19-15(13)21(14)9-10-3-4-11(17)8-12(10)18/h1-4,7-8H,5-6,9H2. The lowest BCUT2D eigenvalue weighted by Crippen LogP contribution is -2.08. The van der Waals surface area contributed by atoms with Gasteiger partial charge in [0.2, 0.25) is 0 Å². The van der Waals surface area contributed by atoms with Crippen LogP contribution in [-0.2, 0) is 13.0 Å². The number of rotatable bonds is 4. The van der Waals surface area contributed by atoms with Gasteiger partial charge in [0.25, 0.3) is 0 Å². The first kappa shape index (κ1) is 13.9. The Labute approximate surface area is 125 Å². The molecule has 0 spiro atoms. The molecule has 6 heteroatoms. The van der Waals surface area contributed by atoms with Gasteiger partial charge in [-0.15, -0.1) is 11.6 Å². The smallest absolute Gasteiger partial charge is 0.160 e. The Morgan fingerprint density at radius 2 is 2.05 bits per heavy atom. The molecule has 0 aliphatic rings. The largest absolute Gasteiger partial charge is 0.308 e. The van der Waals surface area contributed by atoms with Crippen molar-refractivity contribution in [1.29, 1.82) is 0 Å². The summed E-state index contributed by atoms with van der Waals surface area (Å²) in [6.07, 6.45) is 2.22. The first-order valence-electron chi connectivity index (χ1n) is 6.49. The van der Waals surface area contributed by atoms with E-state index in [-0.39, 0.29) is 6.54 Å². The van der Waals surface area contributed by atoms with Crippen molar-refractivity contribution in [3.8, 4) is 0 Å². The van der Waals surface area contributed by atoms with E-state index in [1.165, 1.54) is 12.1 Å². The van der Waals surface area contributed by atoms with Gasteiger partial charge in [0.05, 0.1) is 6.54 Å². The number of nitrogens with zero attached hydrogens (tertiary/aromatic N) is 3. The number of imidazole rings is 1. The number of pyridine rings is 1. The van der Waals surface area contributed by atoms with Crippen LogP contribution in [0.15, 0.2) is 36.5 Å². The molecule has 0 N–H and O–H groups in total. The molecule has 2 aromatic heterocycles. The summed E-state index contributed by atoms with van der Waals surface area (Å²) < 4.78 is 28.6. The van der Waals surface area contributed by atoms with Crippen LogP contribution in [0.4, 0.5) is 8.78 Å². The molecule has 0 atom stereocenters. The summed E-state index contributed by atoms with van der Waals surface area (Å²) in [5.74, 6) is -0.0206. The molecule has 0 aliphatic carbocycles. The zero-order valence-electron chi connectivity index (χ0n) is 11.1. The molecule has 0 unspecified atom stereocenters. The summed E-state index contributed by atoms with van der Waals surface area (Å²) in [4.78, 5) is 8.75. The maximum Gasteiger partial charge on any atom is 0.160 e. The molecule has 3 aromatic rings. The molecule has 1 aromatic carbocycles. The Kier molecular flexibility index (Phi) is 3.84. The second-order valence-electron chi connectivity index (χ2n) is 4.64. The van der Waals surface area contributed by atoms with Crippen molar-refractivity contribution in [1.82, 2.24) is 14.5 Å². The minimum Gasteiger partial charge on any atom is -0.308 e. The van der Waals surface area contributed by atoms with Gasteiger partial charge in [-0.1, -0.05) is 6.07 Å². The molecule has 0 aliphatic heterocycles. The molecule has 0 bridgehead atoms. The van der Waals surface area contributed by atoms with Crippen molar-refractivity contribution < 1.29 is 8.78 Å². The minimum atomic E-state index is -0.592. The fraction of sp³-hybridized carbons (Fsp3) is 0.200. The number of fused-ring (bicyclic) bond motifs is 1. The Bertz CT molecular complexity index is 786. The first-order chi connectivity index (χ1) is 10.2. The fourth-order valence-corrected chi connectivity index (χ4v) is 2.44. The molecule has 108 valence electrons. The normalized spacial score (nSPS) is 11.2. The summed E-state index contributed by atoms with van der Waals surface area (Å²) in [5, 5.41) is 0. The predicted molar refractivity (Wildman–Crippen MR) is 77.4 cm³/mol. The SMILES string of the molecule is Fc1ccc(Cn2c(CCCl)nc3cccnc32)c(F)c1. The van der Waals surface area contributed by atoms with Crippen molar-refractivity contribution >= 4 is 22.8 Å². The minimum absolute atomic E-state index is 0.242. The van der Waals surface area contributed by atoms with Gasteiger partial charge in [-0.2, -0.15) is 0 Å². The number of hydrogen-bond acceptors (Lipinski definition) is 2. The van der Waals surface area contributed by atoms with Gasteiger partial charge >= 0.3 is 0 Å². The van der Waals surface area contributed by atoms with Crippen LogP contribution < -0.4 is 0 Å². The van der Waals surface area contributed by atoms with Gasteiger partial charge in [0.1, 0.15) is 23.0 Å². The summed E-state index contributed by atoms with van der Waals surface area (Å²) in [5.41, 5.74) is 1.79. The molecule has 2 heterocycles. The summed E-state index contributed by atoms with van der Waals surface area (Å²) in [6, 6.07) is 7.19. The third-order valence-electron chi connectivity index (χ3n) is 3.24. The second kappa shape index (κ2) is 5.77. The number of hydrogen-bond donors (Lipinski definition) is 0. The van der Waals surface area contributed by atoms with Crippen LogP contribution >= 0.6 is 11.6 Å². The van der Waals surface area contributed by atoms with Gasteiger partial charge in [-0.25, -0.2) is 18.7 Å². The lowest BCUT2D eigenvalue weighted by atomic mass is 10.2. The highest BCUT2D eigenvalue weighted by Crippen LogP contribution is 2.18. The average molecular weight is 308 g/mol. The van der Waals surface area contributed by atoms with E-state index in [4.69, 9.17) is 11.6 Å². The van der Waals surface area contributed by atoms with Crippen LogP contribution in [0.2, 0.25) is 0 Å². The molecule has 0 amide bonds. The molecule has 0 radical (unpaired) electrons. The summed E-state index contributed by atoms with van der Waals surface area (Å²) >= 11 is 5.79. The van der Waals surface area contributed by atoms with Crippen LogP contribution in [0.1, 0.15) is 11.4 Å². The number of aryl methyl sites for hydroxylation is 1. The van der Waals surface area contributed by atoms with Crippen molar-refractivity contribution in [3.63, 3.8) is 0 Å². The van der Waals surface area contributed by atoms with Gasteiger partial charge in [0.15, 0.2) is 5.65 Å². The summed E-state index contributed by atoms with van der Waals surface area (Å²) in [6.45, 7) is 0.242. The maximum atomic E-state index is 13.8. The number of alkyl halides is 1. The van der Waals surface area contributed by atoms with Crippen LogP contribution in [0.5, 0.6) is 0 Å². The molecule has 0 saturated carbocycles. The fourth-order valence-electron chi connectivity index (χ4n) is 2.27. The molecular weight excluding hydrogens is 296 g/mol. The van der Waals surface area contributed by atoms with Crippen LogP contribution in [0.3, 0.4) is 0 Å².